The Kier molecular flexibility index (Phi) is 4.92. The Morgan fingerprint density at radius 3 is 2.47 bits per heavy atom. The normalized spacial score (nSPS) is 10.4. The molecule has 0 amide bonds. The maximum atomic E-state index is 8.04. The van der Waals surface area contributed by atoms with E-state index in [4.69, 9.17) is 16.6 Å². The van der Waals surface area contributed by atoms with Gasteiger partial charge >= 0.3 is 0 Å². The molecule has 0 unspecified atom stereocenters. The number of nitrogens with two attached hydrogens (primary N) is 1. The Bertz CT molecular complexity index is 479. The van der Waals surface area contributed by atoms with Crippen molar-refractivity contribution in [2.24, 2.45) is 5.73 Å². The van der Waals surface area contributed by atoms with Gasteiger partial charge in [-0.2, -0.15) is 0 Å². The fourth-order valence-corrected chi connectivity index (χ4v) is 2.14. The zero-order chi connectivity index (χ0) is 14.6. The fraction of sp³-hybridized carbons (Fsp3) is 0.429. The lowest BCUT2D eigenvalue weighted by Crippen LogP contribution is -2.46. The van der Waals surface area contributed by atoms with Crippen molar-refractivity contribution in [1.29, 1.82) is 10.8 Å². The second kappa shape index (κ2) is 6.22. The van der Waals surface area contributed by atoms with Crippen LogP contribution in [0.25, 0.3) is 0 Å². The number of nitrogens with one attached hydrogen (secondary N) is 3. The van der Waals surface area contributed by atoms with Gasteiger partial charge in [0, 0.05) is 6.54 Å². The topological polar surface area (TPSA) is 89.0 Å². The minimum Gasteiger partial charge on any atom is -0.370 e. The van der Waals surface area contributed by atoms with Crippen molar-refractivity contribution >= 4 is 17.6 Å². The Labute approximate surface area is 114 Å². The highest BCUT2D eigenvalue weighted by Crippen LogP contribution is 2.30. The summed E-state index contributed by atoms with van der Waals surface area (Å²) in [6, 6.07) is 6.14. The van der Waals surface area contributed by atoms with Gasteiger partial charge in [-0.15, -0.1) is 0 Å². The number of hydrogen-bond donors (Lipinski definition) is 4. The third-order valence-electron chi connectivity index (χ3n) is 3.00. The van der Waals surface area contributed by atoms with E-state index in [-0.39, 0.29) is 11.9 Å². The lowest BCUT2D eigenvalue weighted by Gasteiger charge is -2.29. The number of benzene rings is 1. The van der Waals surface area contributed by atoms with Crippen LogP contribution in [0.1, 0.15) is 37.8 Å². The molecular weight excluding hydrogens is 238 g/mol. The van der Waals surface area contributed by atoms with Crippen LogP contribution in [0.5, 0.6) is 0 Å². The van der Waals surface area contributed by atoms with Gasteiger partial charge in [-0.1, -0.05) is 32.0 Å². The molecule has 1 aromatic carbocycles. The van der Waals surface area contributed by atoms with Gasteiger partial charge in [0.2, 0.25) is 5.96 Å². The Balaban J connectivity index is 3.24. The van der Waals surface area contributed by atoms with Gasteiger partial charge in [0.05, 0.1) is 5.69 Å². The van der Waals surface area contributed by atoms with Crippen LogP contribution in [0.15, 0.2) is 18.2 Å². The van der Waals surface area contributed by atoms with Crippen molar-refractivity contribution in [1.82, 2.24) is 5.32 Å². The smallest absolute Gasteiger partial charge is 0.202 e. The molecule has 5 heteroatoms. The molecule has 0 fully saturated rings. The maximum absolute atomic E-state index is 8.04. The van der Waals surface area contributed by atoms with Gasteiger partial charge in [0.15, 0.2) is 5.96 Å². The van der Waals surface area contributed by atoms with Crippen molar-refractivity contribution in [2.45, 2.75) is 33.6 Å². The predicted molar refractivity (Wildman–Crippen MR) is 81.1 cm³/mol. The molecule has 0 radical (unpaired) electrons. The van der Waals surface area contributed by atoms with Crippen molar-refractivity contribution < 1.29 is 0 Å². The minimum atomic E-state index is -0.219. The van der Waals surface area contributed by atoms with E-state index in [1.54, 1.807) is 0 Å². The second-order valence-electron chi connectivity index (χ2n) is 4.80. The SMILES string of the molecule is CCN(C(=N)NC(=N)N)c1c(C)cccc1C(C)C. The Hall–Kier alpha value is -2.04. The number of hydrogen-bond acceptors (Lipinski definition) is 2. The molecule has 1 aromatic rings. The van der Waals surface area contributed by atoms with Crippen molar-refractivity contribution in [3.8, 4) is 0 Å². The van der Waals surface area contributed by atoms with E-state index >= 15 is 0 Å². The molecule has 0 spiro atoms. The average Bonchev–Trinajstić information content (AvgIpc) is 2.30. The lowest BCUT2D eigenvalue weighted by molar-refractivity contribution is 0.852. The number of rotatable bonds is 3. The summed E-state index contributed by atoms with van der Waals surface area (Å²) in [6.07, 6.45) is 0. The molecule has 0 saturated heterocycles. The molecule has 1 rings (SSSR count). The van der Waals surface area contributed by atoms with Gasteiger partial charge in [0.25, 0.3) is 0 Å². The van der Waals surface area contributed by atoms with Crippen LogP contribution in [-0.4, -0.2) is 18.5 Å². The van der Waals surface area contributed by atoms with Crippen LogP contribution < -0.4 is 16.0 Å². The summed E-state index contributed by atoms with van der Waals surface area (Å²) in [7, 11) is 0. The molecule has 5 N–H and O–H groups in total. The van der Waals surface area contributed by atoms with E-state index in [9.17, 15) is 0 Å². The highest BCUT2D eigenvalue weighted by atomic mass is 15.3. The van der Waals surface area contributed by atoms with Gasteiger partial charge in [-0.3, -0.25) is 16.1 Å². The highest BCUT2D eigenvalue weighted by Gasteiger charge is 2.18. The Morgan fingerprint density at radius 2 is 2.00 bits per heavy atom. The number of guanidine groups is 2. The third kappa shape index (κ3) is 3.47. The zero-order valence-corrected chi connectivity index (χ0v) is 12.0. The minimum absolute atomic E-state index is 0.131. The molecular formula is C14H23N5. The maximum Gasteiger partial charge on any atom is 0.202 e. The highest BCUT2D eigenvalue weighted by molar-refractivity contribution is 6.04. The molecule has 0 aliphatic rings. The molecule has 0 heterocycles. The molecule has 0 aromatic heterocycles. The quantitative estimate of drug-likeness (QED) is 0.497. The monoisotopic (exact) mass is 261 g/mol. The summed E-state index contributed by atoms with van der Waals surface area (Å²) in [5.41, 5.74) is 8.64. The van der Waals surface area contributed by atoms with E-state index in [1.165, 1.54) is 5.56 Å². The lowest BCUT2D eigenvalue weighted by atomic mass is 9.97. The zero-order valence-electron chi connectivity index (χ0n) is 12.0. The number of aryl methyl sites for hydroxylation is 1. The average molecular weight is 261 g/mol. The summed E-state index contributed by atoms with van der Waals surface area (Å²) < 4.78 is 0. The van der Waals surface area contributed by atoms with Crippen LogP contribution in [0.4, 0.5) is 5.69 Å². The number of nitrogens with zero attached hydrogens (tertiary/aromatic N) is 1. The van der Waals surface area contributed by atoms with Crippen LogP contribution in [0.3, 0.4) is 0 Å². The first-order chi connectivity index (χ1) is 8.88. The van der Waals surface area contributed by atoms with Crippen molar-refractivity contribution in [3.05, 3.63) is 29.3 Å². The van der Waals surface area contributed by atoms with E-state index in [1.807, 2.05) is 30.9 Å². The molecule has 0 aliphatic carbocycles. The first-order valence-corrected chi connectivity index (χ1v) is 6.45. The summed E-state index contributed by atoms with van der Waals surface area (Å²) in [5, 5.41) is 17.8. The summed E-state index contributed by atoms with van der Waals surface area (Å²) in [6.45, 7) is 8.92. The van der Waals surface area contributed by atoms with Crippen LogP contribution in [0, 0.1) is 17.7 Å². The van der Waals surface area contributed by atoms with E-state index in [2.05, 4.69) is 25.2 Å². The number of para-hydroxylation sites is 1. The van der Waals surface area contributed by atoms with E-state index in [0.717, 1.165) is 11.3 Å². The van der Waals surface area contributed by atoms with E-state index in [0.29, 0.717) is 12.5 Å². The standard InChI is InChI=1S/C14H23N5/c1-5-19(14(17)18-13(15)16)12-10(4)7-6-8-11(12)9(2)3/h6-9H,5H2,1-4H3,(H5,15,16,17,18). The molecule has 0 atom stereocenters. The van der Waals surface area contributed by atoms with Crippen molar-refractivity contribution in [3.63, 3.8) is 0 Å². The van der Waals surface area contributed by atoms with Crippen LogP contribution >= 0.6 is 0 Å². The predicted octanol–water partition coefficient (Wildman–Crippen LogP) is 2.36. The van der Waals surface area contributed by atoms with Gasteiger partial charge in [0.1, 0.15) is 0 Å². The molecule has 5 nitrogen and oxygen atoms in total. The number of anilines is 1. The first kappa shape index (κ1) is 15.0. The fourth-order valence-electron chi connectivity index (χ4n) is 2.14. The van der Waals surface area contributed by atoms with Crippen LogP contribution in [-0.2, 0) is 0 Å². The Morgan fingerprint density at radius 1 is 1.37 bits per heavy atom. The van der Waals surface area contributed by atoms with E-state index < -0.39 is 0 Å². The largest absolute Gasteiger partial charge is 0.370 e. The summed E-state index contributed by atoms with van der Waals surface area (Å²) in [4.78, 5) is 1.84. The van der Waals surface area contributed by atoms with Crippen molar-refractivity contribution in [2.75, 3.05) is 11.4 Å². The molecule has 0 saturated carbocycles. The second-order valence-corrected chi connectivity index (χ2v) is 4.80. The molecule has 19 heavy (non-hydrogen) atoms. The third-order valence-corrected chi connectivity index (χ3v) is 3.00. The summed E-state index contributed by atoms with van der Waals surface area (Å²) in [5.74, 6) is 0.281. The molecule has 0 bridgehead atoms. The molecule has 0 aliphatic heterocycles. The first-order valence-electron chi connectivity index (χ1n) is 6.45. The van der Waals surface area contributed by atoms with Gasteiger partial charge in [-0.25, -0.2) is 0 Å². The van der Waals surface area contributed by atoms with Gasteiger partial charge in [-0.05, 0) is 30.9 Å². The summed E-state index contributed by atoms with van der Waals surface area (Å²) >= 11 is 0. The molecule has 104 valence electrons. The van der Waals surface area contributed by atoms with Gasteiger partial charge < -0.3 is 10.6 Å². The van der Waals surface area contributed by atoms with Crippen LogP contribution in [0.2, 0.25) is 0 Å².